The molecule has 1 aromatic rings. The number of rotatable bonds is 5. The molecular formula is C12H16BrClO3. The Hall–Kier alpha value is -0.130. The molecule has 0 aliphatic heterocycles. The van der Waals surface area contributed by atoms with Crippen molar-refractivity contribution in [1.82, 2.24) is 0 Å². The molecule has 0 fully saturated rings. The van der Waals surface area contributed by atoms with E-state index in [-0.39, 0.29) is 0 Å². The molecule has 1 rings (SSSR count). The lowest BCUT2D eigenvalue weighted by molar-refractivity contribution is -0.207. The Morgan fingerprint density at radius 1 is 1.41 bits per heavy atom. The van der Waals surface area contributed by atoms with E-state index in [1.807, 2.05) is 12.1 Å². The van der Waals surface area contributed by atoms with Gasteiger partial charge in [-0.2, -0.15) is 0 Å². The number of hydrogen-bond donors (Lipinski definition) is 1. The second kappa shape index (κ2) is 6.16. The van der Waals surface area contributed by atoms with Gasteiger partial charge in [0.2, 0.25) is 0 Å². The smallest absolute Gasteiger partial charge is 0.185 e. The minimum Gasteiger partial charge on any atom is -0.385 e. The maximum Gasteiger partial charge on any atom is 0.185 e. The summed E-state index contributed by atoms with van der Waals surface area (Å²) >= 11 is 9.44. The van der Waals surface area contributed by atoms with Crippen LogP contribution < -0.4 is 0 Å². The third kappa shape index (κ3) is 3.93. The average Bonchev–Trinajstić information content (AvgIpc) is 2.23. The van der Waals surface area contributed by atoms with Crippen LogP contribution in [0.5, 0.6) is 0 Å². The summed E-state index contributed by atoms with van der Waals surface area (Å²) in [5, 5.41) is 10.9. The van der Waals surface area contributed by atoms with Gasteiger partial charge >= 0.3 is 0 Å². The molecule has 0 heterocycles. The lowest BCUT2D eigenvalue weighted by Crippen LogP contribution is -2.43. The van der Waals surface area contributed by atoms with Crippen LogP contribution in [0.25, 0.3) is 0 Å². The highest BCUT2D eigenvalue weighted by Gasteiger charge is 2.33. The van der Waals surface area contributed by atoms with E-state index < -0.39 is 11.9 Å². The van der Waals surface area contributed by atoms with Crippen LogP contribution in [0.15, 0.2) is 22.7 Å². The molecule has 0 amide bonds. The van der Waals surface area contributed by atoms with E-state index in [1.165, 1.54) is 14.2 Å². The maximum absolute atomic E-state index is 10.3. The van der Waals surface area contributed by atoms with Crippen LogP contribution in [0.2, 0.25) is 5.02 Å². The van der Waals surface area contributed by atoms with Crippen molar-refractivity contribution in [2.75, 3.05) is 14.2 Å². The topological polar surface area (TPSA) is 38.7 Å². The minimum absolute atomic E-state index is 0.353. The van der Waals surface area contributed by atoms with Gasteiger partial charge in [0, 0.05) is 30.1 Å². The van der Waals surface area contributed by atoms with E-state index in [4.69, 9.17) is 21.1 Å². The van der Waals surface area contributed by atoms with Crippen molar-refractivity contribution >= 4 is 27.5 Å². The molecule has 0 spiro atoms. The Balaban J connectivity index is 2.89. The first-order valence-corrected chi connectivity index (χ1v) is 6.29. The zero-order valence-electron chi connectivity index (χ0n) is 10.0. The van der Waals surface area contributed by atoms with Crippen molar-refractivity contribution in [3.63, 3.8) is 0 Å². The number of aliphatic hydroxyl groups is 1. The molecule has 0 saturated heterocycles. The monoisotopic (exact) mass is 322 g/mol. The van der Waals surface area contributed by atoms with Crippen molar-refractivity contribution in [2.45, 2.75) is 25.2 Å². The van der Waals surface area contributed by atoms with Gasteiger partial charge in [0.25, 0.3) is 0 Å². The summed E-state index contributed by atoms with van der Waals surface area (Å²) in [5.74, 6) is 0. The standard InChI is InChI=1S/C12H16BrClO3/c1-12(15,11(16-2)17-3)7-8-4-5-9(13)6-10(8)14/h4-6,11,15H,7H2,1-3H3. The van der Waals surface area contributed by atoms with Crippen LogP contribution in [0.4, 0.5) is 0 Å². The van der Waals surface area contributed by atoms with Gasteiger partial charge in [-0.1, -0.05) is 33.6 Å². The van der Waals surface area contributed by atoms with Gasteiger partial charge in [-0.05, 0) is 24.6 Å². The molecule has 17 heavy (non-hydrogen) atoms. The molecule has 0 bridgehead atoms. The molecule has 1 atom stereocenters. The molecule has 1 unspecified atom stereocenters. The highest BCUT2D eigenvalue weighted by atomic mass is 79.9. The molecule has 5 heteroatoms. The van der Waals surface area contributed by atoms with Crippen LogP contribution in [0, 0.1) is 0 Å². The van der Waals surface area contributed by atoms with E-state index in [1.54, 1.807) is 13.0 Å². The summed E-state index contributed by atoms with van der Waals surface area (Å²) in [5.41, 5.74) is -0.292. The minimum atomic E-state index is -1.14. The molecule has 1 aromatic carbocycles. The van der Waals surface area contributed by atoms with Gasteiger partial charge in [0.05, 0.1) is 0 Å². The lowest BCUT2D eigenvalue weighted by Gasteiger charge is -2.30. The first kappa shape index (κ1) is 14.9. The van der Waals surface area contributed by atoms with Crippen molar-refractivity contribution < 1.29 is 14.6 Å². The maximum atomic E-state index is 10.3. The van der Waals surface area contributed by atoms with Crippen LogP contribution >= 0.6 is 27.5 Å². The average molecular weight is 324 g/mol. The molecule has 1 N–H and O–H groups in total. The Morgan fingerprint density at radius 3 is 2.47 bits per heavy atom. The first-order valence-electron chi connectivity index (χ1n) is 5.12. The highest BCUT2D eigenvalue weighted by molar-refractivity contribution is 9.10. The van der Waals surface area contributed by atoms with Crippen LogP contribution in [0.1, 0.15) is 12.5 Å². The predicted octanol–water partition coefficient (Wildman–Crippen LogP) is 3.01. The molecule has 0 radical (unpaired) electrons. The molecule has 0 aromatic heterocycles. The van der Waals surface area contributed by atoms with Crippen LogP contribution in [-0.2, 0) is 15.9 Å². The van der Waals surface area contributed by atoms with Gasteiger partial charge in [-0.15, -0.1) is 0 Å². The second-order valence-corrected chi connectivity index (χ2v) is 5.40. The van der Waals surface area contributed by atoms with Gasteiger partial charge < -0.3 is 14.6 Å². The number of ether oxygens (including phenoxy) is 2. The van der Waals surface area contributed by atoms with Crippen LogP contribution in [-0.4, -0.2) is 31.2 Å². The van der Waals surface area contributed by atoms with Gasteiger partial charge in [-0.3, -0.25) is 0 Å². The zero-order chi connectivity index (χ0) is 13.1. The van der Waals surface area contributed by atoms with Crippen molar-refractivity contribution in [3.8, 4) is 0 Å². The highest BCUT2D eigenvalue weighted by Crippen LogP contribution is 2.27. The molecule has 96 valence electrons. The normalized spacial score (nSPS) is 15.0. The Morgan fingerprint density at radius 2 is 2.00 bits per heavy atom. The van der Waals surface area contributed by atoms with Gasteiger partial charge in [-0.25, -0.2) is 0 Å². The third-order valence-corrected chi connectivity index (χ3v) is 3.34. The van der Waals surface area contributed by atoms with E-state index in [9.17, 15) is 5.11 Å². The summed E-state index contributed by atoms with van der Waals surface area (Å²) in [4.78, 5) is 0. The van der Waals surface area contributed by atoms with Gasteiger partial charge in [0.1, 0.15) is 5.60 Å². The summed E-state index contributed by atoms with van der Waals surface area (Å²) in [6.07, 6.45) is -0.340. The summed E-state index contributed by atoms with van der Waals surface area (Å²) < 4.78 is 11.1. The largest absolute Gasteiger partial charge is 0.385 e. The van der Waals surface area contributed by atoms with Crippen molar-refractivity contribution in [3.05, 3.63) is 33.3 Å². The third-order valence-electron chi connectivity index (χ3n) is 2.50. The predicted molar refractivity (Wildman–Crippen MR) is 71.3 cm³/mol. The van der Waals surface area contributed by atoms with E-state index in [0.29, 0.717) is 11.4 Å². The summed E-state index contributed by atoms with van der Waals surface area (Å²) in [7, 11) is 2.98. The number of methoxy groups -OCH3 is 2. The fraction of sp³-hybridized carbons (Fsp3) is 0.500. The SMILES string of the molecule is COC(OC)C(C)(O)Cc1ccc(Br)cc1Cl. The number of halogens is 2. The van der Waals surface area contributed by atoms with E-state index in [2.05, 4.69) is 15.9 Å². The summed E-state index contributed by atoms with van der Waals surface area (Å²) in [6, 6.07) is 5.54. The molecule has 0 aliphatic carbocycles. The Kier molecular flexibility index (Phi) is 5.41. The van der Waals surface area contributed by atoms with Gasteiger partial charge in [0.15, 0.2) is 6.29 Å². The van der Waals surface area contributed by atoms with Crippen molar-refractivity contribution in [1.29, 1.82) is 0 Å². The van der Waals surface area contributed by atoms with E-state index in [0.717, 1.165) is 10.0 Å². The van der Waals surface area contributed by atoms with E-state index >= 15 is 0 Å². The first-order chi connectivity index (χ1) is 7.90. The second-order valence-electron chi connectivity index (χ2n) is 4.07. The molecule has 0 aliphatic rings. The fourth-order valence-electron chi connectivity index (χ4n) is 1.74. The summed E-state index contributed by atoms with van der Waals surface area (Å²) in [6.45, 7) is 1.66. The zero-order valence-corrected chi connectivity index (χ0v) is 12.4. The quantitative estimate of drug-likeness (QED) is 0.847. The number of benzene rings is 1. The lowest BCUT2D eigenvalue weighted by atomic mass is 9.96. The van der Waals surface area contributed by atoms with Crippen molar-refractivity contribution in [2.24, 2.45) is 0 Å². The molecule has 3 nitrogen and oxygen atoms in total. The van der Waals surface area contributed by atoms with Crippen LogP contribution in [0.3, 0.4) is 0 Å². The molecular weight excluding hydrogens is 307 g/mol. The Labute approximate surface area is 115 Å². The molecule has 0 saturated carbocycles. The fourth-order valence-corrected chi connectivity index (χ4v) is 2.48. The Bertz CT molecular complexity index is 378. The number of hydrogen-bond acceptors (Lipinski definition) is 3.